The molecule has 0 aliphatic carbocycles. The third kappa shape index (κ3) is 5.30. The van der Waals surface area contributed by atoms with Crippen LogP contribution in [0.2, 0.25) is 0 Å². The molecule has 0 bridgehead atoms. The summed E-state index contributed by atoms with van der Waals surface area (Å²) in [6, 6.07) is 13.6. The molecule has 2 heterocycles. The molecule has 4 rings (SSSR count). The first-order valence-corrected chi connectivity index (χ1v) is 10.6. The average molecular weight is 464 g/mol. The fourth-order valence-electron chi connectivity index (χ4n) is 3.22. The number of H-pyrrole nitrogens is 1. The van der Waals surface area contributed by atoms with E-state index in [4.69, 9.17) is 21.7 Å². The van der Waals surface area contributed by atoms with Crippen LogP contribution in [0.25, 0.3) is 10.9 Å². The summed E-state index contributed by atoms with van der Waals surface area (Å²) in [6.45, 7) is 0.988. The third-order valence-electron chi connectivity index (χ3n) is 4.84. The Morgan fingerprint density at radius 3 is 2.64 bits per heavy atom. The van der Waals surface area contributed by atoms with Crippen molar-refractivity contribution >= 4 is 34.7 Å². The number of amides is 1. The number of fused-ring (bicyclic) bond motifs is 1. The number of hydrogen-bond acceptors (Lipinski definition) is 7. The molecule has 0 atom stereocenters. The molecule has 4 aromatic rings. The van der Waals surface area contributed by atoms with Crippen LogP contribution in [0, 0.1) is 4.77 Å². The van der Waals surface area contributed by atoms with Crippen molar-refractivity contribution in [3.63, 3.8) is 0 Å². The highest BCUT2D eigenvalue weighted by atomic mass is 32.1. The highest BCUT2D eigenvalue weighted by molar-refractivity contribution is 7.71. The standard InChI is InChI=1S/C23H21N5O4S/c1-31-13-3-12-28-21(30)18-9-4-15(14-19(18)27-23(28)33)20(29)26-16-5-7-17(8-6-16)32-22-24-10-2-11-25-22/h2,4-11,14H,3,12-13H2,1H3,(H,26,29)(H,27,33). The smallest absolute Gasteiger partial charge is 0.321 e. The highest BCUT2D eigenvalue weighted by Gasteiger charge is 2.11. The Bertz CT molecular complexity index is 1380. The third-order valence-corrected chi connectivity index (χ3v) is 5.16. The van der Waals surface area contributed by atoms with Crippen molar-refractivity contribution in [3.8, 4) is 11.8 Å². The lowest BCUT2D eigenvalue weighted by Crippen LogP contribution is -2.23. The molecule has 0 spiro atoms. The molecule has 2 N–H and O–H groups in total. The minimum absolute atomic E-state index is 0.199. The number of nitrogens with one attached hydrogen (secondary N) is 2. The maximum atomic E-state index is 12.8. The van der Waals surface area contributed by atoms with Gasteiger partial charge in [0.25, 0.3) is 11.5 Å². The Hall–Kier alpha value is -3.89. The summed E-state index contributed by atoms with van der Waals surface area (Å²) in [4.78, 5) is 36.6. The second kappa shape index (κ2) is 10.2. The number of carbonyl (C=O) groups excluding carboxylic acids is 1. The minimum Gasteiger partial charge on any atom is -0.424 e. The summed E-state index contributed by atoms with van der Waals surface area (Å²) in [6.07, 6.45) is 3.84. The molecule has 10 heteroatoms. The lowest BCUT2D eigenvalue weighted by atomic mass is 10.1. The van der Waals surface area contributed by atoms with Crippen LogP contribution in [0.3, 0.4) is 0 Å². The van der Waals surface area contributed by atoms with Crippen molar-refractivity contribution in [1.82, 2.24) is 19.5 Å². The van der Waals surface area contributed by atoms with Crippen molar-refractivity contribution in [2.45, 2.75) is 13.0 Å². The molecular formula is C23H21N5O4S. The summed E-state index contributed by atoms with van der Waals surface area (Å²) in [5.41, 5.74) is 1.28. The number of methoxy groups -OCH3 is 1. The maximum absolute atomic E-state index is 12.8. The Balaban J connectivity index is 1.49. The Labute approximate surface area is 194 Å². The van der Waals surface area contributed by atoms with Crippen LogP contribution in [-0.4, -0.2) is 39.1 Å². The second-order valence-corrected chi connectivity index (χ2v) is 7.49. The van der Waals surface area contributed by atoms with Gasteiger partial charge in [-0.15, -0.1) is 0 Å². The van der Waals surface area contributed by atoms with Gasteiger partial charge in [0.15, 0.2) is 4.77 Å². The molecule has 9 nitrogen and oxygen atoms in total. The van der Waals surface area contributed by atoms with Crippen LogP contribution in [0.4, 0.5) is 5.69 Å². The highest BCUT2D eigenvalue weighted by Crippen LogP contribution is 2.20. The predicted molar refractivity (Wildman–Crippen MR) is 126 cm³/mol. The first kappa shape index (κ1) is 22.3. The molecule has 0 aliphatic heterocycles. The number of hydrogen-bond donors (Lipinski definition) is 2. The average Bonchev–Trinajstić information content (AvgIpc) is 2.83. The van der Waals surface area contributed by atoms with Crippen LogP contribution in [0.1, 0.15) is 16.8 Å². The molecule has 0 saturated carbocycles. The van der Waals surface area contributed by atoms with Crippen LogP contribution in [0.15, 0.2) is 65.7 Å². The summed E-state index contributed by atoms with van der Waals surface area (Å²) < 4.78 is 12.4. The zero-order valence-electron chi connectivity index (χ0n) is 17.8. The Kier molecular flexibility index (Phi) is 6.86. The van der Waals surface area contributed by atoms with Crippen LogP contribution in [0.5, 0.6) is 11.8 Å². The molecule has 0 radical (unpaired) electrons. The van der Waals surface area contributed by atoms with Crippen molar-refractivity contribution in [2.75, 3.05) is 19.0 Å². The van der Waals surface area contributed by atoms with Crippen molar-refractivity contribution in [3.05, 3.63) is 81.6 Å². The van der Waals surface area contributed by atoms with Gasteiger partial charge in [0.05, 0.1) is 10.9 Å². The van der Waals surface area contributed by atoms with E-state index in [0.717, 1.165) is 0 Å². The predicted octanol–water partition coefficient (Wildman–Crippen LogP) is 3.93. The summed E-state index contributed by atoms with van der Waals surface area (Å²) in [7, 11) is 1.61. The number of benzene rings is 2. The van der Waals surface area contributed by atoms with Gasteiger partial charge >= 0.3 is 6.01 Å². The fourth-order valence-corrected chi connectivity index (χ4v) is 3.50. The van der Waals surface area contributed by atoms with Gasteiger partial charge in [-0.05, 0) is 67.2 Å². The van der Waals surface area contributed by atoms with Crippen LogP contribution < -0.4 is 15.6 Å². The van der Waals surface area contributed by atoms with E-state index in [1.54, 1.807) is 68.0 Å². The summed E-state index contributed by atoms with van der Waals surface area (Å²) >= 11 is 5.33. The van der Waals surface area contributed by atoms with E-state index in [1.807, 2.05) is 0 Å². The molecule has 168 valence electrons. The van der Waals surface area contributed by atoms with Gasteiger partial charge in [0, 0.05) is 43.9 Å². The van der Waals surface area contributed by atoms with Crippen LogP contribution in [-0.2, 0) is 11.3 Å². The maximum Gasteiger partial charge on any atom is 0.321 e. The monoisotopic (exact) mass is 463 g/mol. The van der Waals surface area contributed by atoms with Crippen molar-refractivity contribution in [2.24, 2.45) is 0 Å². The van der Waals surface area contributed by atoms with E-state index in [0.29, 0.717) is 52.2 Å². The van der Waals surface area contributed by atoms with E-state index in [-0.39, 0.29) is 17.5 Å². The summed E-state index contributed by atoms with van der Waals surface area (Å²) in [5.74, 6) is 0.222. The number of rotatable bonds is 8. The molecule has 1 amide bonds. The number of aromatic amines is 1. The van der Waals surface area contributed by atoms with E-state index in [2.05, 4.69) is 20.3 Å². The minimum atomic E-state index is -0.319. The normalized spacial score (nSPS) is 10.8. The first-order chi connectivity index (χ1) is 16.0. The van der Waals surface area contributed by atoms with Gasteiger partial charge in [0.1, 0.15) is 5.75 Å². The molecule has 0 fully saturated rings. The van der Waals surface area contributed by atoms with E-state index in [1.165, 1.54) is 4.57 Å². The number of nitrogens with zero attached hydrogens (tertiary/aromatic N) is 3. The van der Waals surface area contributed by atoms with Gasteiger partial charge in [0.2, 0.25) is 0 Å². The van der Waals surface area contributed by atoms with Gasteiger partial charge in [-0.25, -0.2) is 9.97 Å². The quantitative estimate of drug-likeness (QED) is 0.301. The number of ether oxygens (including phenoxy) is 2. The molecule has 0 unspecified atom stereocenters. The van der Waals surface area contributed by atoms with Crippen LogP contribution >= 0.6 is 12.2 Å². The zero-order chi connectivity index (χ0) is 23.2. The Morgan fingerprint density at radius 1 is 1.15 bits per heavy atom. The molecule has 0 aliphatic rings. The molecule has 0 saturated heterocycles. The topological polar surface area (TPSA) is 111 Å². The van der Waals surface area contributed by atoms with Gasteiger partial charge in [-0.2, -0.15) is 0 Å². The molecule has 33 heavy (non-hydrogen) atoms. The van der Waals surface area contributed by atoms with Gasteiger partial charge in [-0.1, -0.05) is 0 Å². The lowest BCUT2D eigenvalue weighted by Gasteiger charge is -2.10. The van der Waals surface area contributed by atoms with E-state index >= 15 is 0 Å². The van der Waals surface area contributed by atoms with Crippen molar-refractivity contribution in [1.29, 1.82) is 0 Å². The lowest BCUT2D eigenvalue weighted by molar-refractivity contribution is 0.102. The summed E-state index contributed by atoms with van der Waals surface area (Å²) in [5, 5.41) is 3.29. The number of carbonyl (C=O) groups is 1. The second-order valence-electron chi connectivity index (χ2n) is 7.11. The zero-order valence-corrected chi connectivity index (χ0v) is 18.6. The van der Waals surface area contributed by atoms with Gasteiger partial charge in [-0.3, -0.25) is 14.2 Å². The largest absolute Gasteiger partial charge is 0.424 e. The number of anilines is 1. The molecular weight excluding hydrogens is 442 g/mol. The molecule has 2 aromatic carbocycles. The van der Waals surface area contributed by atoms with Gasteiger partial charge < -0.3 is 19.8 Å². The van der Waals surface area contributed by atoms with E-state index < -0.39 is 0 Å². The van der Waals surface area contributed by atoms with E-state index in [9.17, 15) is 9.59 Å². The Morgan fingerprint density at radius 2 is 1.91 bits per heavy atom. The first-order valence-electron chi connectivity index (χ1n) is 10.2. The molecule has 2 aromatic heterocycles. The number of aromatic nitrogens is 4. The van der Waals surface area contributed by atoms with Crippen molar-refractivity contribution < 1.29 is 14.3 Å². The SMILES string of the molecule is COCCCn1c(=S)[nH]c2cc(C(=O)Nc3ccc(Oc4ncccn4)cc3)ccc2c1=O. The fraction of sp³-hybridized carbons (Fsp3) is 0.174.